The lowest BCUT2D eigenvalue weighted by molar-refractivity contribution is -0.149. The zero-order chi connectivity index (χ0) is 18.5. The molecule has 2 heterocycles. The molecule has 7 heteroatoms. The van der Waals surface area contributed by atoms with Gasteiger partial charge < -0.3 is 14.7 Å². The lowest BCUT2D eigenvalue weighted by Gasteiger charge is -2.19. The Morgan fingerprint density at radius 1 is 1.35 bits per heavy atom. The molecule has 2 aromatic rings. The summed E-state index contributed by atoms with van der Waals surface area (Å²) in [6.45, 7) is -0.359. The fourth-order valence-electron chi connectivity index (χ4n) is 3.41. The van der Waals surface area contributed by atoms with Crippen LogP contribution in [0.25, 0.3) is 10.9 Å². The highest BCUT2D eigenvalue weighted by molar-refractivity contribution is 6.07. The van der Waals surface area contributed by atoms with Gasteiger partial charge in [-0.3, -0.25) is 9.78 Å². The molecule has 1 aliphatic carbocycles. The first-order valence-corrected chi connectivity index (χ1v) is 8.61. The second kappa shape index (κ2) is 5.93. The van der Waals surface area contributed by atoms with Crippen LogP contribution in [0.2, 0.25) is 0 Å². The van der Waals surface area contributed by atoms with Crippen LogP contribution in [0.3, 0.4) is 0 Å². The molecule has 1 unspecified atom stereocenters. The maximum atomic E-state index is 14.4. The minimum Gasteiger partial charge on any atom is -0.497 e. The van der Waals surface area contributed by atoms with Crippen molar-refractivity contribution in [3.8, 4) is 5.75 Å². The van der Waals surface area contributed by atoms with Crippen LogP contribution < -0.4 is 4.74 Å². The van der Waals surface area contributed by atoms with E-state index < -0.39 is 18.2 Å². The third-order valence-corrected chi connectivity index (χ3v) is 5.15. The number of rotatable bonds is 4. The Balaban J connectivity index is 1.76. The number of aromatic nitrogens is 1. The molecule has 0 spiro atoms. The van der Waals surface area contributed by atoms with Gasteiger partial charge in [0.2, 0.25) is 5.67 Å². The molecule has 1 aliphatic heterocycles. The van der Waals surface area contributed by atoms with Crippen molar-refractivity contribution in [1.29, 1.82) is 0 Å². The van der Waals surface area contributed by atoms with Gasteiger partial charge in [-0.05, 0) is 37.1 Å². The number of alkyl halides is 1. The number of hydrogen-bond acceptors (Lipinski definition) is 4. The van der Waals surface area contributed by atoms with Gasteiger partial charge in [0.15, 0.2) is 0 Å². The summed E-state index contributed by atoms with van der Waals surface area (Å²) >= 11 is 0. The van der Waals surface area contributed by atoms with Crippen molar-refractivity contribution in [1.82, 2.24) is 9.88 Å². The van der Waals surface area contributed by atoms with Gasteiger partial charge in [-0.15, -0.1) is 0 Å². The van der Waals surface area contributed by atoms with Crippen molar-refractivity contribution >= 4 is 22.8 Å². The molecule has 0 radical (unpaired) electrons. The molecule has 136 valence electrons. The molecular weight excluding hydrogens is 339 g/mol. The zero-order valence-corrected chi connectivity index (χ0v) is 14.4. The van der Waals surface area contributed by atoms with E-state index in [0.29, 0.717) is 28.1 Å². The molecule has 6 nitrogen and oxygen atoms in total. The number of carboxylic acid groups (broad SMARTS) is 1. The number of nitrogens with zero attached hydrogens (tertiary/aromatic N) is 2. The van der Waals surface area contributed by atoms with Crippen LogP contribution in [-0.4, -0.2) is 52.7 Å². The van der Waals surface area contributed by atoms with E-state index in [4.69, 9.17) is 9.84 Å². The van der Waals surface area contributed by atoms with E-state index in [1.165, 1.54) is 4.90 Å². The van der Waals surface area contributed by atoms with Gasteiger partial charge in [-0.1, -0.05) is 0 Å². The van der Waals surface area contributed by atoms with Crippen molar-refractivity contribution in [2.45, 2.75) is 30.8 Å². The molecular formula is C19H19FN2O4. The standard InChI is InChI=1S/C19H19FN2O4/c1-26-12-4-5-15-13(8-12)14(9-16(21-15)11-2-3-11)17(23)22-7-6-19(20,10-22)18(24)25/h4-5,8-9,11H,2-3,6-7,10H2,1H3,(H,24,25). The number of likely N-dealkylation sites (tertiary alicyclic amines) is 1. The highest BCUT2D eigenvalue weighted by Crippen LogP contribution is 2.41. The SMILES string of the molecule is COc1ccc2nc(C3CC3)cc(C(=O)N3CCC(F)(C(=O)O)C3)c2c1. The Morgan fingerprint density at radius 2 is 2.12 bits per heavy atom. The highest BCUT2D eigenvalue weighted by atomic mass is 19.1. The number of carboxylic acids is 1. The molecule has 2 aliphatic rings. The summed E-state index contributed by atoms with van der Waals surface area (Å²) in [5, 5.41) is 9.70. The summed E-state index contributed by atoms with van der Waals surface area (Å²) in [7, 11) is 1.54. The average Bonchev–Trinajstić information content (AvgIpc) is 3.41. The minimum absolute atomic E-state index is 0.0776. The fourth-order valence-corrected chi connectivity index (χ4v) is 3.41. The van der Waals surface area contributed by atoms with E-state index >= 15 is 0 Å². The first-order valence-electron chi connectivity index (χ1n) is 8.61. The largest absolute Gasteiger partial charge is 0.497 e. The van der Waals surface area contributed by atoms with E-state index in [-0.39, 0.29) is 18.9 Å². The lowest BCUT2D eigenvalue weighted by atomic mass is 10.0. The Kier molecular flexibility index (Phi) is 3.82. The highest BCUT2D eigenvalue weighted by Gasteiger charge is 2.47. The van der Waals surface area contributed by atoms with Gasteiger partial charge in [-0.25, -0.2) is 9.18 Å². The quantitative estimate of drug-likeness (QED) is 0.909. The number of ether oxygens (including phenoxy) is 1. The number of benzene rings is 1. The predicted octanol–water partition coefficient (Wildman–Crippen LogP) is 2.76. The average molecular weight is 358 g/mol. The summed E-state index contributed by atoms with van der Waals surface area (Å²) in [6, 6.07) is 7.09. The van der Waals surface area contributed by atoms with Crippen LogP contribution in [0, 0.1) is 0 Å². The van der Waals surface area contributed by atoms with Crippen molar-refractivity contribution in [3.05, 3.63) is 35.5 Å². The summed E-state index contributed by atoms with van der Waals surface area (Å²) in [5.41, 5.74) is -0.418. The maximum Gasteiger partial charge on any atom is 0.343 e. The number of amides is 1. The van der Waals surface area contributed by atoms with Crippen molar-refractivity contribution in [2.75, 3.05) is 20.2 Å². The molecule has 1 saturated heterocycles. The van der Waals surface area contributed by atoms with E-state index in [1.807, 2.05) is 0 Å². The number of fused-ring (bicyclic) bond motifs is 1. The second-order valence-corrected chi connectivity index (χ2v) is 7.00. The summed E-state index contributed by atoms with van der Waals surface area (Å²) in [5.74, 6) is -0.939. The van der Waals surface area contributed by atoms with Gasteiger partial charge in [0.25, 0.3) is 5.91 Å². The number of methoxy groups -OCH3 is 1. The molecule has 1 atom stereocenters. The summed E-state index contributed by atoms with van der Waals surface area (Å²) in [6.07, 6.45) is 1.88. The van der Waals surface area contributed by atoms with Gasteiger partial charge in [0, 0.05) is 30.0 Å². The molecule has 26 heavy (non-hydrogen) atoms. The molecule has 4 rings (SSSR count). The van der Waals surface area contributed by atoms with E-state index in [2.05, 4.69) is 4.98 Å². The van der Waals surface area contributed by atoms with Gasteiger partial charge in [-0.2, -0.15) is 0 Å². The second-order valence-electron chi connectivity index (χ2n) is 7.00. The van der Waals surface area contributed by atoms with Crippen molar-refractivity contribution < 1.29 is 23.8 Å². The van der Waals surface area contributed by atoms with Gasteiger partial charge in [0.05, 0.1) is 24.7 Å². The number of carbonyl (C=O) groups is 2. The Bertz CT molecular complexity index is 912. The molecule has 1 aromatic heterocycles. The topological polar surface area (TPSA) is 79.7 Å². The monoisotopic (exact) mass is 358 g/mol. The maximum absolute atomic E-state index is 14.4. The van der Waals surface area contributed by atoms with Gasteiger partial charge >= 0.3 is 5.97 Å². The number of halogens is 1. The molecule has 1 saturated carbocycles. The summed E-state index contributed by atoms with van der Waals surface area (Å²) < 4.78 is 19.6. The van der Waals surface area contributed by atoms with Crippen LogP contribution in [0.5, 0.6) is 5.75 Å². The number of aliphatic carboxylic acids is 1. The van der Waals surface area contributed by atoms with E-state index in [0.717, 1.165) is 18.5 Å². The van der Waals surface area contributed by atoms with Crippen LogP contribution in [0.15, 0.2) is 24.3 Å². The van der Waals surface area contributed by atoms with Crippen molar-refractivity contribution in [2.24, 2.45) is 0 Å². The number of hydrogen-bond donors (Lipinski definition) is 1. The van der Waals surface area contributed by atoms with Gasteiger partial charge in [0.1, 0.15) is 5.75 Å². The molecule has 2 fully saturated rings. The number of pyridine rings is 1. The minimum atomic E-state index is -2.38. The van der Waals surface area contributed by atoms with E-state index in [9.17, 15) is 14.0 Å². The molecule has 1 N–H and O–H groups in total. The first-order chi connectivity index (χ1) is 12.4. The van der Waals surface area contributed by atoms with Crippen LogP contribution in [0.1, 0.15) is 41.2 Å². The fraction of sp³-hybridized carbons (Fsp3) is 0.421. The Labute approximate surface area is 149 Å². The third-order valence-electron chi connectivity index (χ3n) is 5.15. The number of carbonyl (C=O) groups excluding carboxylic acids is 1. The van der Waals surface area contributed by atoms with Crippen molar-refractivity contribution in [3.63, 3.8) is 0 Å². The summed E-state index contributed by atoms with van der Waals surface area (Å²) in [4.78, 5) is 30.1. The molecule has 1 amide bonds. The van der Waals surface area contributed by atoms with Crippen LogP contribution in [0.4, 0.5) is 4.39 Å². The Morgan fingerprint density at radius 3 is 2.73 bits per heavy atom. The zero-order valence-electron chi connectivity index (χ0n) is 14.4. The smallest absolute Gasteiger partial charge is 0.343 e. The Hall–Kier alpha value is -2.70. The van der Waals surface area contributed by atoms with Crippen LogP contribution >= 0.6 is 0 Å². The first kappa shape index (κ1) is 16.8. The molecule has 1 aromatic carbocycles. The van der Waals surface area contributed by atoms with Crippen LogP contribution in [-0.2, 0) is 4.79 Å². The predicted molar refractivity (Wildman–Crippen MR) is 92.3 cm³/mol. The normalized spacial score (nSPS) is 22.6. The third kappa shape index (κ3) is 2.77. The molecule has 0 bridgehead atoms. The van der Waals surface area contributed by atoms with E-state index in [1.54, 1.807) is 31.4 Å². The lowest BCUT2D eigenvalue weighted by Crippen LogP contribution is -2.39.